The molecule has 0 spiro atoms. The van der Waals surface area contributed by atoms with Gasteiger partial charge in [0, 0.05) is 6.08 Å². The predicted molar refractivity (Wildman–Crippen MR) is 102 cm³/mol. The quantitative estimate of drug-likeness (QED) is 0.620. The van der Waals surface area contributed by atoms with Crippen LogP contribution in [0.1, 0.15) is 55.0 Å². The van der Waals surface area contributed by atoms with Gasteiger partial charge in [-0.15, -0.1) is 0 Å². The van der Waals surface area contributed by atoms with Gasteiger partial charge < -0.3 is 0 Å². The monoisotopic (exact) mass is 313 g/mol. The number of hydrogen-bond donors (Lipinski definition) is 0. The molecule has 1 aliphatic rings. The van der Waals surface area contributed by atoms with E-state index in [-0.39, 0.29) is 5.41 Å². The average Bonchev–Trinajstić information content (AvgIpc) is 2.56. The van der Waals surface area contributed by atoms with Crippen LogP contribution in [-0.2, 0) is 5.41 Å². The molecule has 2 aromatic rings. The minimum absolute atomic E-state index is 0.134. The molecular weight excluding hydrogens is 290 g/mol. The van der Waals surface area contributed by atoms with Crippen LogP contribution < -0.4 is 0 Å². The van der Waals surface area contributed by atoms with E-state index in [9.17, 15) is 0 Å². The molecule has 0 N–H and O–H groups in total. The Balaban J connectivity index is 2.18. The van der Waals surface area contributed by atoms with Crippen LogP contribution in [0, 0.1) is 18.3 Å². The van der Waals surface area contributed by atoms with Crippen molar-refractivity contribution in [2.45, 2.75) is 39.5 Å². The zero-order valence-electron chi connectivity index (χ0n) is 14.9. The van der Waals surface area contributed by atoms with Gasteiger partial charge in [0.25, 0.3) is 0 Å². The Morgan fingerprint density at radius 2 is 1.83 bits per heavy atom. The second kappa shape index (κ2) is 6.13. The van der Waals surface area contributed by atoms with Crippen LogP contribution in [0.15, 0.2) is 54.6 Å². The van der Waals surface area contributed by atoms with E-state index in [0.717, 1.165) is 17.6 Å². The molecule has 3 rings (SSSR count). The first kappa shape index (κ1) is 16.3. The van der Waals surface area contributed by atoms with Crippen molar-refractivity contribution in [3.63, 3.8) is 0 Å². The number of benzene rings is 2. The number of nitriles is 1. The summed E-state index contributed by atoms with van der Waals surface area (Å²) in [6.07, 6.45) is 5.01. The highest BCUT2D eigenvalue weighted by Gasteiger charge is 2.28. The Morgan fingerprint density at radius 1 is 1.12 bits per heavy atom. The first-order chi connectivity index (χ1) is 11.4. The van der Waals surface area contributed by atoms with Crippen LogP contribution in [0.3, 0.4) is 0 Å². The highest BCUT2D eigenvalue weighted by molar-refractivity contribution is 5.85. The molecule has 2 aromatic carbocycles. The van der Waals surface area contributed by atoms with Crippen LogP contribution in [-0.4, -0.2) is 0 Å². The lowest BCUT2D eigenvalue weighted by molar-refractivity contribution is 0.527. The first-order valence-electron chi connectivity index (χ1n) is 8.41. The standard InChI is InChI=1S/C23H23N/c1-16-5-7-18(8-6-16)20-11-13-23(3,4)22-10-9-19(15-21(20)22)17(2)12-14-24/h5-12,15H,13H2,1-4H3. The van der Waals surface area contributed by atoms with E-state index in [1.54, 1.807) is 6.08 Å². The lowest BCUT2D eigenvalue weighted by atomic mass is 9.71. The summed E-state index contributed by atoms with van der Waals surface area (Å²) < 4.78 is 0. The molecule has 0 fully saturated rings. The van der Waals surface area contributed by atoms with Gasteiger partial charge in [0.05, 0.1) is 6.07 Å². The second-order valence-electron chi connectivity index (χ2n) is 7.29. The smallest absolute Gasteiger partial charge is 0.0915 e. The van der Waals surface area contributed by atoms with Crippen molar-refractivity contribution in [1.29, 1.82) is 5.26 Å². The Bertz CT molecular complexity index is 871. The molecule has 0 unspecified atom stereocenters. The van der Waals surface area contributed by atoms with E-state index >= 15 is 0 Å². The van der Waals surface area contributed by atoms with Gasteiger partial charge in [-0.2, -0.15) is 5.26 Å². The maximum Gasteiger partial charge on any atom is 0.0915 e. The highest BCUT2D eigenvalue weighted by Crippen LogP contribution is 2.42. The van der Waals surface area contributed by atoms with Gasteiger partial charge in [0.15, 0.2) is 0 Å². The van der Waals surface area contributed by atoms with Crippen molar-refractivity contribution in [3.05, 3.63) is 82.4 Å². The van der Waals surface area contributed by atoms with Crippen LogP contribution >= 0.6 is 0 Å². The summed E-state index contributed by atoms with van der Waals surface area (Å²) in [5.74, 6) is 0. The van der Waals surface area contributed by atoms with Crippen molar-refractivity contribution in [2.24, 2.45) is 0 Å². The maximum absolute atomic E-state index is 8.94. The van der Waals surface area contributed by atoms with E-state index in [1.165, 1.54) is 27.8 Å². The molecule has 0 aromatic heterocycles. The Hall–Kier alpha value is -2.59. The third-order valence-electron chi connectivity index (χ3n) is 4.95. The van der Waals surface area contributed by atoms with Crippen molar-refractivity contribution >= 4 is 11.1 Å². The topological polar surface area (TPSA) is 23.8 Å². The molecular formula is C23H23N. The van der Waals surface area contributed by atoms with Gasteiger partial charge in [0.2, 0.25) is 0 Å². The van der Waals surface area contributed by atoms with Crippen LogP contribution in [0.4, 0.5) is 0 Å². The number of aryl methyl sites for hydroxylation is 1. The van der Waals surface area contributed by atoms with Gasteiger partial charge in [-0.25, -0.2) is 0 Å². The van der Waals surface area contributed by atoms with E-state index in [0.29, 0.717) is 0 Å². The Morgan fingerprint density at radius 3 is 2.50 bits per heavy atom. The first-order valence-corrected chi connectivity index (χ1v) is 8.41. The van der Waals surface area contributed by atoms with Gasteiger partial charge >= 0.3 is 0 Å². The fraction of sp³-hybridized carbons (Fsp3) is 0.261. The molecule has 0 radical (unpaired) electrons. The molecule has 1 nitrogen and oxygen atoms in total. The molecule has 0 saturated carbocycles. The van der Waals surface area contributed by atoms with E-state index in [2.05, 4.69) is 75.4 Å². The molecule has 0 saturated heterocycles. The Labute approximate surface area is 145 Å². The fourth-order valence-corrected chi connectivity index (χ4v) is 3.37. The fourth-order valence-electron chi connectivity index (χ4n) is 3.37. The van der Waals surface area contributed by atoms with E-state index in [4.69, 9.17) is 5.26 Å². The minimum atomic E-state index is 0.134. The number of rotatable bonds is 2. The molecule has 0 atom stereocenters. The van der Waals surface area contributed by atoms with Crippen LogP contribution in [0.5, 0.6) is 0 Å². The van der Waals surface area contributed by atoms with Crippen molar-refractivity contribution < 1.29 is 0 Å². The summed E-state index contributed by atoms with van der Waals surface area (Å²) >= 11 is 0. The van der Waals surface area contributed by atoms with Gasteiger partial charge in [-0.1, -0.05) is 61.9 Å². The third kappa shape index (κ3) is 2.93. The Kier molecular flexibility index (Phi) is 4.16. The summed E-state index contributed by atoms with van der Waals surface area (Å²) in [6, 6.07) is 17.5. The summed E-state index contributed by atoms with van der Waals surface area (Å²) in [7, 11) is 0. The van der Waals surface area contributed by atoms with Crippen molar-refractivity contribution in [3.8, 4) is 6.07 Å². The summed E-state index contributed by atoms with van der Waals surface area (Å²) in [6.45, 7) is 8.70. The lowest BCUT2D eigenvalue weighted by Crippen LogP contribution is -2.22. The summed E-state index contributed by atoms with van der Waals surface area (Å²) in [5.41, 5.74) is 8.77. The minimum Gasteiger partial charge on any atom is -0.193 e. The molecule has 0 aliphatic heterocycles. The van der Waals surface area contributed by atoms with Crippen molar-refractivity contribution in [2.75, 3.05) is 0 Å². The van der Waals surface area contributed by atoms with Crippen LogP contribution in [0.25, 0.3) is 11.1 Å². The van der Waals surface area contributed by atoms with Gasteiger partial charge in [-0.3, -0.25) is 0 Å². The number of hydrogen-bond acceptors (Lipinski definition) is 1. The second-order valence-corrected chi connectivity index (χ2v) is 7.29. The van der Waals surface area contributed by atoms with E-state index in [1.807, 2.05) is 6.92 Å². The zero-order chi connectivity index (χ0) is 17.3. The lowest BCUT2D eigenvalue weighted by Gasteiger charge is -2.32. The molecule has 0 heterocycles. The zero-order valence-corrected chi connectivity index (χ0v) is 14.9. The van der Waals surface area contributed by atoms with Crippen LogP contribution in [0.2, 0.25) is 0 Å². The highest BCUT2D eigenvalue weighted by atomic mass is 14.3. The predicted octanol–water partition coefficient (Wildman–Crippen LogP) is 6.03. The summed E-state index contributed by atoms with van der Waals surface area (Å²) in [4.78, 5) is 0. The molecule has 1 aliphatic carbocycles. The molecule has 120 valence electrons. The number of fused-ring (bicyclic) bond motifs is 1. The van der Waals surface area contributed by atoms with E-state index < -0.39 is 0 Å². The molecule has 24 heavy (non-hydrogen) atoms. The SMILES string of the molecule is CC(=CC#N)c1ccc2c(c1)C(c1ccc(C)cc1)=CCC2(C)C. The van der Waals surface area contributed by atoms with Crippen molar-refractivity contribution in [1.82, 2.24) is 0 Å². The number of nitrogens with zero attached hydrogens (tertiary/aromatic N) is 1. The summed E-state index contributed by atoms with van der Waals surface area (Å²) in [5, 5.41) is 8.94. The van der Waals surface area contributed by atoms with Gasteiger partial charge in [0.1, 0.15) is 0 Å². The van der Waals surface area contributed by atoms with Gasteiger partial charge in [-0.05, 0) is 65.1 Å². The molecule has 0 bridgehead atoms. The average molecular weight is 313 g/mol. The molecule has 1 heteroatoms. The third-order valence-corrected chi connectivity index (χ3v) is 4.95. The maximum atomic E-state index is 8.94. The normalized spacial score (nSPS) is 16.1. The molecule has 0 amide bonds. The number of allylic oxidation sites excluding steroid dienone is 3. The largest absolute Gasteiger partial charge is 0.193 e.